The van der Waals surface area contributed by atoms with Crippen LogP contribution in [0.4, 0.5) is 29.6 Å². The van der Waals surface area contributed by atoms with Crippen molar-refractivity contribution in [2.24, 2.45) is 0 Å². The Morgan fingerprint density at radius 1 is 1.11 bits per heavy atom. The topological polar surface area (TPSA) is 78.9 Å². The average Bonchev–Trinajstić information content (AvgIpc) is 3.64. The molecule has 36 heavy (non-hydrogen) atoms. The molecule has 12 heteroatoms. The molecule has 0 aromatic carbocycles. The number of aromatic nitrogens is 2. The molecule has 2 aromatic heterocycles. The van der Waals surface area contributed by atoms with Gasteiger partial charge in [0, 0.05) is 38.6 Å². The van der Waals surface area contributed by atoms with Crippen molar-refractivity contribution < 1.29 is 27.5 Å². The molecule has 3 aliphatic rings. The van der Waals surface area contributed by atoms with E-state index >= 15 is 0 Å². The molecule has 0 spiro atoms. The number of pyridine rings is 2. The van der Waals surface area contributed by atoms with E-state index in [1.807, 2.05) is 11.8 Å². The van der Waals surface area contributed by atoms with Crippen LogP contribution in [0.2, 0.25) is 0 Å². The molecule has 2 aromatic rings. The van der Waals surface area contributed by atoms with E-state index < -0.39 is 17.8 Å². The number of ether oxygens (including phenoxy) is 1. The molecule has 1 aliphatic carbocycles. The number of amides is 2. The van der Waals surface area contributed by atoms with Crippen LogP contribution >= 0.6 is 12.4 Å². The van der Waals surface area contributed by atoms with Crippen LogP contribution in [0.1, 0.15) is 53.6 Å². The Labute approximate surface area is 212 Å². The average molecular weight is 526 g/mol. The fraction of sp³-hybridized carbons (Fsp3) is 0.500. The van der Waals surface area contributed by atoms with Gasteiger partial charge < -0.3 is 14.5 Å². The normalized spacial score (nSPS) is 20.3. The summed E-state index contributed by atoms with van der Waals surface area (Å²) in [5.74, 6) is 0.968. The first-order valence-corrected chi connectivity index (χ1v) is 11.8. The molecule has 1 unspecified atom stereocenters. The smallest absolute Gasteiger partial charge is 0.417 e. The zero-order valence-electron chi connectivity index (χ0n) is 19.7. The number of halogens is 4. The lowest BCUT2D eigenvalue weighted by atomic mass is 10.1. The number of carbonyl (C=O) groups is 2. The number of hydrogen-bond donors (Lipinski definition) is 0. The van der Waals surface area contributed by atoms with Crippen LogP contribution in [0.25, 0.3) is 0 Å². The van der Waals surface area contributed by atoms with Gasteiger partial charge in [0.05, 0.1) is 17.2 Å². The van der Waals surface area contributed by atoms with Gasteiger partial charge in [-0.05, 0) is 48.9 Å². The van der Waals surface area contributed by atoms with E-state index in [9.17, 15) is 22.8 Å². The molecule has 8 nitrogen and oxygen atoms in total. The molecule has 194 valence electrons. The highest BCUT2D eigenvalue weighted by atomic mass is 35.5. The van der Waals surface area contributed by atoms with Crippen LogP contribution < -0.4 is 9.80 Å². The molecule has 4 heterocycles. The summed E-state index contributed by atoms with van der Waals surface area (Å²) in [6.07, 6.45) is -0.0414. The Morgan fingerprint density at radius 3 is 2.42 bits per heavy atom. The van der Waals surface area contributed by atoms with Crippen molar-refractivity contribution in [2.75, 3.05) is 42.6 Å². The summed E-state index contributed by atoms with van der Waals surface area (Å²) < 4.78 is 44.6. The Morgan fingerprint density at radius 2 is 1.83 bits per heavy atom. The lowest BCUT2D eigenvalue weighted by Crippen LogP contribution is -2.49. The van der Waals surface area contributed by atoms with E-state index in [1.54, 1.807) is 17.0 Å². The van der Waals surface area contributed by atoms with E-state index in [1.165, 1.54) is 17.2 Å². The molecule has 1 saturated carbocycles. The van der Waals surface area contributed by atoms with Gasteiger partial charge in [0.15, 0.2) is 0 Å². The second-order valence-corrected chi connectivity index (χ2v) is 9.10. The third-order valence-electron chi connectivity index (χ3n) is 6.78. The molecule has 5 rings (SSSR count). The first-order chi connectivity index (χ1) is 16.8. The van der Waals surface area contributed by atoms with Gasteiger partial charge in [-0.3, -0.25) is 9.69 Å². The third kappa shape index (κ3) is 5.07. The summed E-state index contributed by atoms with van der Waals surface area (Å²) >= 11 is 0. The van der Waals surface area contributed by atoms with Gasteiger partial charge in [-0.25, -0.2) is 14.8 Å². The van der Waals surface area contributed by atoms with Crippen LogP contribution in [0.3, 0.4) is 0 Å². The third-order valence-corrected chi connectivity index (χ3v) is 6.78. The first kappa shape index (κ1) is 26.0. The van der Waals surface area contributed by atoms with Gasteiger partial charge in [0.1, 0.15) is 18.2 Å². The molecule has 0 radical (unpaired) electrons. The maximum atomic E-state index is 13.2. The van der Waals surface area contributed by atoms with E-state index in [4.69, 9.17) is 4.74 Å². The predicted molar refractivity (Wildman–Crippen MR) is 129 cm³/mol. The van der Waals surface area contributed by atoms with Crippen LogP contribution in [-0.2, 0) is 10.9 Å². The van der Waals surface area contributed by atoms with Gasteiger partial charge >= 0.3 is 12.3 Å². The standard InChI is InChI=1S/C24H26F3N5O3.ClH/c1-2-18-14-35-23(34)32(18)20-6-5-16(12-28-20)22(33)31-9-7-30(8-10-31)21-19(15-3-4-15)11-17(13-29-21)24(25,26)27;/h5-6,11-13,15,18H,2-4,7-10,14H2,1H3;1H. The fourth-order valence-electron chi connectivity index (χ4n) is 4.59. The van der Waals surface area contributed by atoms with Gasteiger partial charge in [-0.15, -0.1) is 12.4 Å². The SMILES string of the molecule is CCC1COC(=O)N1c1ccc(C(=O)N2CCN(c3ncc(C(F)(F)F)cc3C3CC3)CC2)cn1.Cl. The summed E-state index contributed by atoms with van der Waals surface area (Å²) in [6.45, 7) is 4.08. The Hall–Kier alpha value is -3.08. The summed E-state index contributed by atoms with van der Waals surface area (Å²) in [7, 11) is 0. The minimum absolute atomic E-state index is 0. The summed E-state index contributed by atoms with van der Waals surface area (Å²) in [5, 5.41) is 0. The molecule has 2 aliphatic heterocycles. The van der Waals surface area contributed by atoms with E-state index in [0.29, 0.717) is 55.5 Å². The maximum absolute atomic E-state index is 13.2. The van der Waals surface area contributed by atoms with Crippen LogP contribution in [-0.4, -0.2) is 65.7 Å². The molecule has 1 atom stereocenters. The quantitative estimate of drug-likeness (QED) is 0.572. The lowest BCUT2D eigenvalue weighted by molar-refractivity contribution is -0.137. The second kappa shape index (κ2) is 10.1. The zero-order valence-corrected chi connectivity index (χ0v) is 20.5. The Balaban J connectivity index is 0.00000304. The largest absolute Gasteiger partial charge is 0.447 e. The monoisotopic (exact) mass is 525 g/mol. The molecule has 0 N–H and O–H groups in total. The molecule has 2 saturated heterocycles. The minimum atomic E-state index is -4.42. The van der Waals surface area contributed by atoms with Gasteiger partial charge in [0.2, 0.25) is 0 Å². The predicted octanol–water partition coefficient (Wildman–Crippen LogP) is 4.49. The van der Waals surface area contributed by atoms with E-state index in [0.717, 1.165) is 25.5 Å². The highest BCUT2D eigenvalue weighted by molar-refractivity contribution is 5.95. The second-order valence-electron chi connectivity index (χ2n) is 9.10. The van der Waals surface area contributed by atoms with Crippen molar-refractivity contribution >= 4 is 36.0 Å². The molecular weight excluding hydrogens is 499 g/mol. The number of alkyl halides is 3. The summed E-state index contributed by atoms with van der Waals surface area (Å²) in [6, 6.07) is 4.44. The van der Waals surface area contributed by atoms with Crippen LogP contribution in [0.5, 0.6) is 0 Å². The highest BCUT2D eigenvalue weighted by Gasteiger charge is 2.37. The molecule has 2 amide bonds. The number of rotatable bonds is 5. The van der Waals surface area contributed by atoms with Gasteiger partial charge in [-0.2, -0.15) is 13.2 Å². The summed E-state index contributed by atoms with van der Waals surface area (Å²) in [4.78, 5) is 38.7. The zero-order chi connectivity index (χ0) is 24.7. The van der Waals surface area contributed by atoms with Gasteiger partial charge in [-0.1, -0.05) is 6.92 Å². The number of carbonyl (C=O) groups excluding carboxylic acids is 2. The molecule has 0 bridgehead atoms. The van der Waals surface area contributed by atoms with Crippen molar-refractivity contribution in [1.29, 1.82) is 0 Å². The first-order valence-electron chi connectivity index (χ1n) is 11.8. The summed E-state index contributed by atoms with van der Waals surface area (Å²) in [5.41, 5.74) is 0.333. The molecule has 3 fully saturated rings. The molecular formula is C24H27ClF3N5O3. The van der Waals surface area contributed by atoms with E-state index in [2.05, 4.69) is 9.97 Å². The number of cyclic esters (lactones) is 1. The van der Waals surface area contributed by atoms with Crippen LogP contribution in [0.15, 0.2) is 30.6 Å². The van der Waals surface area contributed by atoms with Gasteiger partial charge in [0.25, 0.3) is 5.91 Å². The van der Waals surface area contributed by atoms with Crippen LogP contribution in [0, 0.1) is 0 Å². The highest BCUT2D eigenvalue weighted by Crippen LogP contribution is 2.45. The van der Waals surface area contributed by atoms with Crippen molar-refractivity contribution in [3.63, 3.8) is 0 Å². The lowest BCUT2D eigenvalue weighted by Gasteiger charge is -2.36. The number of piperazine rings is 1. The van der Waals surface area contributed by atoms with Crippen molar-refractivity contribution in [1.82, 2.24) is 14.9 Å². The van der Waals surface area contributed by atoms with Crippen molar-refractivity contribution in [3.05, 3.63) is 47.3 Å². The van der Waals surface area contributed by atoms with Crippen molar-refractivity contribution in [2.45, 2.75) is 44.3 Å². The number of nitrogens with zero attached hydrogens (tertiary/aromatic N) is 5. The number of anilines is 2. The van der Waals surface area contributed by atoms with Crippen molar-refractivity contribution in [3.8, 4) is 0 Å². The Bertz CT molecular complexity index is 1120. The van der Waals surface area contributed by atoms with E-state index in [-0.39, 0.29) is 30.3 Å². The Kier molecular flexibility index (Phi) is 7.31. The number of hydrogen-bond acceptors (Lipinski definition) is 6. The fourth-order valence-corrected chi connectivity index (χ4v) is 4.59. The maximum Gasteiger partial charge on any atom is 0.417 e. The minimum Gasteiger partial charge on any atom is -0.447 e.